The zero-order valence-corrected chi connectivity index (χ0v) is 28.9. The summed E-state index contributed by atoms with van der Waals surface area (Å²) in [4.78, 5) is 51.4. The minimum absolute atomic E-state index is 0.117. The van der Waals surface area contributed by atoms with Gasteiger partial charge in [-0.15, -0.1) is 0 Å². The van der Waals surface area contributed by atoms with E-state index in [2.05, 4.69) is 20.5 Å². The first-order valence-electron chi connectivity index (χ1n) is 17.7. The number of anilines is 2. The summed E-state index contributed by atoms with van der Waals surface area (Å²) in [5, 5.41) is 5.74. The molecular formula is C39H44N6O6. The highest BCUT2D eigenvalue weighted by Crippen LogP contribution is 2.35. The summed E-state index contributed by atoms with van der Waals surface area (Å²) >= 11 is 0. The van der Waals surface area contributed by atoms with E-state index >= 15 is 0 Å². The van der Waals surface area contributed by atoms with Gasteiger partial charge in [0.1, 0.15) is 11.9 Å². The fourth-order valence-electron chi connectivity index (χ4n) is 7.05. The van der Waals surface area contributed by atoms with E-state index in [0.29, 0.717) is 31.7 Å². The summed E-state index contributed by atoms with van der Waals surface area (Å²) in [7, 11) is 1.30. The van der Waals surface area contributed by atoms with Crippen LogP contribution in [0.1, 0.15) is 60.0 Å². The number of H-pyrrole nitrogens is 1. The zero-order chi connectivity index (χ0) is 35.2. The first-order chi connectivity index (χ1) is 25.0. The van der Waals surface area contributed by atoms with Crippen molar-refractivity contribution in [3.8, 4) is 22.4 Å². The number of carbonyl (C=O) groups is 3. The maximum atomic E-state index is 13.7. The Morgan fingerprint density at radius 3 is 2.25 bits per heavy atom. The van der Waals surface area contributed by atoms with Crippen LogP contribution < -0.4 is 15.5 Å². The molecule has 12 nitrogen and oxygen atoms in total. The van der Waals surface area contributed by atoms with Crippen LogP contribution >= 0.6 is 0 Å². The lowest BCUT2D eigenvalue weighted by Crippen LogP contribution is -2.48. The topological polar surface area (TPSA) is 138 Å². The SMILES string of the molecule is COC(=O)N[C@H]1CCCCOCc2[nH]c(nc2-c2ccc(-c3ccc(C(=O)Nc4ccc(N5CCOCC5)cc4)cc3)cc2)[C@@H]2CCCN2C1=O. The first kappa shape index (κ1) is 34.3. The molecule has 51 heavy (non-hydrogen) atoms. The Balaban J connectivity index is 1.04. The van der Waals surface area contributed by atoms with Crippen molar-refractivity contribution < 1.29 is 28.6 Å². The highest BCUT2D eigenvalue weighted by molar-refractivity contribution is 6.04. The van der Waals surface area contributed by atoms with Crippen molar-refractivity contribution in [2.45, 2.75) is 50.8 Å². The van der Waals surface area contributed by atoms with Gasteiger partial charge in [0.25, 0.3) is 5.91 Å². The van der Waals surface area contributed by atoms with Crippen molar-refractivity contribution in [1.82, 2.24) is 20.2 Å². The number of amides is 3. The number of benzene rings is 3. The Bertz CT molecular complexity index is 1820. The number of nitrogens with one attached hydrogen (secondary N) is 3. The average molecular weight is 693 g/mol. The van der Waals surface area contributed by atoms with Crippen molar-refractivity contribution in [3.63, 3.8) is 0 Å². The standard InChI is InChI=1S/C39H44N6O6/c1-49-39(48)42-32-5-2-3-22-51-25-33-35(43-36(41-33)34-6-4-19-45(34)38(32)47)28-11-7-26(8-12-28)27-9-13-29(14-10-27)37(46)40-30-15-17-31(18-16-30)44-20-23-50-24-21-44/h7-18,32,34H,2-6,19-25H2,1H3,(H,40,46)(H,41,43)(H,42,48)/t32-,34-/m0/s1. The van der Waals surface area contributed by atoms with Crippen LogP contribution in [0.25, 0.3) is 22.4 Å². The third-order valence-corrected chi connectivity index (χ3v) is 9.84. The van der Waals surface area contributed by atoms with E-state index in [-0.39, 0.29) is 17.9 Å². The van der Waals surface area contributed by atoms with Crippen LogP contribution in [-0.4, -0.2) is 85.4 Å². The normalized spacial score (nSPS) is 19.7. The summed E-state index contributed by atoms with van der Waals surface area (Å²) in [6, 6.07) is 22.8. The van der Waals surface area contributed by atoms with Crippen molar-refractivity contribution >= 4 is 29.3 Å². The van der Waals surface area contributed by atoms with Crippen LogP contribution in [0.2, 0.25) is 0 Å². The Kier molecular flexibility index (Phi) is 10.6. The quantitative estimate of drug-likeness (QED) is 0.227. The predicted molar refractivity (Wildman–Crippen MR) is 193 cm³/mol. The number of aromatic amines is 1. The Morgan fingerprint density at radius 2 is 1.53 bits per heavy atom. The number of ether oxygens (including phenoxy) is 3. The maximum Gasteiger partial charge on any atom is 0.407 e. The molecular weight excluding hydrogens is 648 g/mol. The molecule has 0 spiro atoms. The van der Waals surface area contributed by atoms with Crippen LogP contribution in [0.5, 0.6) is 0 Å². The largest absolute Gasteiger partial charge is 0.453 e. The van der Waals surface area contributed by atoms with Gasteiger partial charge in [-0.25, -0.2) is 9.78 Å². The number of nitrogens with zero attached hydrogens (tertiary/aromatic N) is 3. The van der Waals surface area contributed by atoms with Crippen molar-refractivity contribution in [3.05, 3.63) is 89.9 Å². The number of imidazole rings is 1. The van der Waals surface area contributed by atoms with Gasteiger partial charge in [0.15, 0.2) is 0 Å². The summed E-state index contributed by atoms with van der Waals surface area (Å²) < 4.78 is 16.3. The first-order valence-corrected chi connectivity index (χ1v) is 17.7. The third-order valence-electron chi connectivity index (χ3n) is 9.84. The molecule has 0 saturated carbocycles. The molecule has 3 N–H and O–H groups in total. The second-order valence-electron chi connectivity index (χ2n) is 13.1. The highest BCUT2D eigenvalue weighted by Gasteiger charge is 2.37. The number of hydrogen-bond donors (Lipinski definition) is 3. The molecule has 2 bridgehead atoms. The molecule has 3 aromatic carbocycles. The van der Waals surface area contributed by atoms with E-state index in [0.717, 1.165) is 97.3 Å². The highest BCUT2D eigenvalue weighted by atomic mass is 16.5. The molecule has 0 radical (unpaired) electrons. The minimum Gasteiger partial charge on any atom is -0.453 e. The number of methoxy groups -OCH3 is 1. The van der Waals surface area contributed by atoms with Crippen molar-refractivity contribution in [2.24, 2.45) is 0 Å². The molecule has 7 rings (SSSR count). The van der Waals surface area contributed by atoms with Crippen LogP contribution in [0.4, 0.5) is 16.2 Å². The molecule has 4 heterocycles. The Morgan fingerprint density at radius 1 is 0.824 bits per heavy atom. The molecule has 3 aliphatic rings. The Labute approximate surface area is 297 Å². The van der Waals surface area contributed by atoms with Crippen molar-refractivity contribution in [2.75, 3.05) is 56.8 Å². The average Bonchev–Trinajstić information content (AvgIpc) is 3.84. The van der Waals surface area contributed by atoms with Gasteiger partial charge >= 0.3 is 6.09 Å². The Hall–Kier alpha value is -5.20. The molecule has 2 fully saturated rings. The van der Waals surface area contributed by atoms with Gasteiger partial charge in [-0.3, -0.25) is 9.59 Å². The molecule has 12 heteroatoms. The van der Waals surface area contributed by atoms with Crippen LogP contribution in [-0.2, 0) is 25.6 Å². The summed E-state index contributed by atoms with van der Waals surface area (Å²) in [5.41, 5.74) is 7.04. The predicted octanol–water partition coefficient (Wildman–Crippen LogP) is 5.92. The molecule has 0 unspecified atom stereocenters. The number of aromatic nitrogens is 2. The maximum absolute atomic E-state index is 13.7. The number of fused-ring (bicyclic) bond motifs is 4. The van der Waals surface area contributed by atoms with Gasteiger partial charge in [-0.05, 0) is 79.6 Å². The van der Waals surface area contributed by atoms with E-state index < -0.39 is 12.1 Å². The smallest absolute Gasteiger partial charge is 0.407 e. The lowest BCUT2D eigenvalue weighted by molar-refractivity contribution is -0.134. The van der Waals surface area contributed by atoms with Gasteiger partial charge in [0.2, 0.25) is 5.91 Å². The zero-order valence-electron chi connectivity index (χ0n) is 28.9. The van der Waals surface area contributed by atoms with E-state index in [4.69, 9.17) is 19.2 Å². The third kappa shape index (κ3) is 7.92. The number of carbonyl (C=O) groups excluding carboxylic acids is 3. The van der Waals surface area contributed by atoms with Gasteiger partial charge in [0, 0.05) is 48.7 Å². The van der Waals surface area contributed by atoms with Crippen LogP contribution in [0.3, 0.4) is 0 Å². The van der Waals surface area contributed by atoms with E-state index in [1.807, 2.05) is 77.7 Å². The van der Waals surface area contributed by atoms with E-state index in [9.17, 15) is 14.4 Å². The molecule has 3 amide bonds. The molecule has 2 saturated heterocycles. The number of rotatable bonds is 6. The molecule has 4 aromatic rings. The van der Waals surface area contributed by atoms with Crippen LogP contribution in [0.15, 0.2) is 72.8 Å². The fraction of sp³-hybridized carbons (Fsp3) is 0.385. The second kappa shape index (κ2) is 15.8. The van der Waals surface area contributed by atoms with E-state index in [1.54, 1.807) is 0 Å². The van der Waals surface area contributed by atoms with Crippen LogP contribution in [0, 0.1) is 0 Å². The summed E-state index contributed by atoms with van der Waals surface area (Å²) in [5.74, 6) is 0.439. The number of hydrogen-bond acceptors (Lipinski definition) is 8. The molecule has 3 aliphatic heterocycles. The number of morpholine rings is 1. The van der Waals surface area contributed by atoms with Gasteiger partial charge in [-0.2, -0.15) is 0 Å². The molecule has 266 valence electrons. The lowest BCUT2D eigenvalue weighted by atomic mass is 10.0. The van der Waals surface area contributed by atoms with Gasteiger partial charge in [0.05, 0.1) is 44.4 Å². The van der Waals surface area contributed by atoms with Crippen molar-refractivity contribution in [1.29, 1.82) is 0 Å². The monoisotopic (exact) mass is 692 g/mol. The fourth-order valence-corrected chi connectivity index (χ4v) is 7.05. The van der Waals surface area contributed by atoms with Gasteiger partial charge in [-0.1, -0.05) is 36.4 Å². The number of alkyl carbamates (subject to hydrolysis) is 1. The van der Waals surface area contributed by atoms with E-state index in [1.165, 1.54) is 7.11 Å². The summed E-state index contributed by atoms with van der Waals surface area (Å²) in [6.07, 6.45) is 3.01. The molecule has 1 aromatic heterocycles. The van der Waals surface area contributed by atoms with Gasteiger partial charge < -0.3 is 39.6 Å². The lowest BCUT2D eigenvalue weighted by Gasteiger charge is -2.28. The molecule has 0 aliphatic carbocycles. The second-order valence-corrected chi connectivity index (χ2v) is 13.1. The summed E-state index contributed by atoms with van der Waals surface area (Å²) in [6.45, 7) is 4.68. The minimum atomic E-state index is -0.665. The molecule has 2 atom stereocenters.